The Morgan fingerprint density at radius 1 is 1.57 bits per heavy atom. The molecule has 2 aliphatic rings. The van der Waals surface area contributed by atoms with Crippen LogP contribution in [-0.4, -0.2) is 41.1 Å². The number of carbonyl (C=O) groups is 1. The maximum atomic E-state index is 10.9. The average molecular weight is 198 g/mol. The molecule has 0 aromatic carbocycles. The average Bonchev–Trinajstić information content (AvgIpc) is 2.42. The van der Waals surface area contributed by atoms with E-state index in [4.69, 9.17) is 10.8 Å². The summed E-state index contributed by atoms with van der Waals surface area (Å²) in [5, 5.41) is 8.94. The number of carboxylic acids is 1. The van der Waals surface area contributed by atoms with Gasteiger partial charge in [0.05, 0.1) is 0 Å². The van der Waals surface area contributed by atoms with Gasteiger partial charge in [0.1, 0.15) is 5.54 Å². The Morgan fingerprint density at radius 3 is 2.71 bits per heavy atom. The zero-order valence-corrected chi connectivity index (χ0v) is 8.41. The smallest absolute Gasteiger partial charge is 0.325 e. The second-order valence-corrected chi connectivity index (χ2v) is 4.74. The van der Waals surface area contributed by atoms with Crippen molar-refractivity contribution in [3.63, 3.8) is 0 Å². The summed E-state index contributed by atoms with van der Waals surface area (Å²) in [6.07, 6.45) is 4.54. The highest BCUT2D eigenvalue weighted by atomic mass is 16.4. The number of nitrogens with two attached hydrogens (primary N) is 1. The predicted molar refractivity (Wildman–Crippen MR) is 53.0 cm³/mol. The van der Waals surface area contributed by atoms with Crippen LogP contribution in [0, 0.1) is 5.92 Å². The second kappa shape index (κ2) is 3.51. The van der Waals surface area contributed by atoms with Crippen LogP contribution in [-0.2, 0) is 4.79 Å². The van der Waals surface area contributed by atoms with Crippen LogP contribution in [0.2, 0.25) is 0 Å². The third-order valence-corrected chi connectivity index (χ3v) is 3.55. The molecule has 2 fully saturated rings. The first kappa shape index (κ1) is 9.93. The third kappa shape index (κ3) is 1.77. The molecule has 1 aliphatic heterocycles. The second-order valence-electron chi connectivity index (χ2n) is 4.74. The van der Waals surface area contributed by atoms with E-state index in [0.29, 0.717) is 13.0 Å². The van der Waals surface area contributed by atoms with Crippen LogP contribution < -0.4 is 5.73 Å². The summed E-state index contributed by atoms with van der Waals surface area (Å²) in [6, 6.07) is 0. The maximum Gasteiger partial charge on any atom is 0.325 e. The van der Waals surface area contributed by atoms with Crippen LogP contribution in [0.3, 0.4) is 0 Å². The highest BCUT2D eigenvalue weighted by Crippen LogP contribution is 2.29. The molecule has 2 rings (SSSR count). The van der Waals surface area contributed by atoms with Crippen molar-refractivity contribution < 1.29 is 9.90 Å². The Kier molecular flexibility index (Phi) is 2.49. The number of hydrogen-bond donors (Lipinski definition) is 2. The molecule has 1 aliphatic carbocycles. The Bertz CT molecular complexity index is 240. The van der Waals surface area contributed by atoms with Crippen LogP contribution in [0.25, 0.3) is 0 Å². The zero-order chi connectivity index (χ0) is 10.2. The van der Waals surface area contributed by atoms with E-state index < -0.39 is 11.5 Å². The number of likely N-dealkylation sites (tertiary alicyclic amines) is 1. The lowest BCUT2D eigenvalue weighted by Crippen LogP contribution is -2.50. The highest BCUT2D eigenvalue weighted by molar-refractivity contribution is 5.79. The molecule has 1 unspecified atom stereocenters. The topological polar surface area (TPSA) is 66.6 Å². The molecule has 4 heteroatoms. The molecule has 0 amide bonds. The molecule has 0 spiro atoms. The van der Waals surface area contributed by atoms with Gasteiger partial charge in [0.25, 0.3) is 0 Å². The molecule has 1 atom stereocenters. The van der Waals surface area contributed by atoms with Crippen LogP contribution in [0.5, 0.6) is 0 Å². The molecule has 0 radical (unpaired) electrons. The van der Waals surface area contributed by atoms with Crippen LogP contribution >= 0.6 is 0 Å². The molecule has 80 valence electrons. The normalized spacial score (nSPS) is 34.4. The fourth-order valence-corrected chi connectivity index (χ4v) is 2.29. The molecule has 14 heavy (non-hydrogen) atoms. The largest absolute Gasteiger partial charge is 0.480 e. The molecule has 0 bridgehead atoms. The predicted octanol–water partition coefficient (Wildman–Crippen LogP) is 0.274. The van der Waals surface area contributed by atoms with Gasteiger partial charge in [0.15, 0.2) is 0 Å². The molecule has 1 heterocycles. The Hall–Kier alpha value is -0.610. The third-order valence-electron chi connectivity index (χ3n) is 3.55. The van der Waals surface area contributed by atoms with Gasteiger partial charge in [-0.05, 0) is 25.2 Å². The lowest BCUT2D eigenvalue weighted by molar-refractivity contribution is -0.142. The van der Waals surface area contributed by atoms with E-state index in [1.807, 2.05) is 0 Å². The van der Waals surface area contributed by atoms with Gasteiger partial charge < -0.3 is 15.7 Å². The van der Waals surface area contributed by atoms with Gasteiger partial charge in [0.2, 0.25) is 0 Å². The standard InChI is InChI=1S/C10H18N2O2/c11-10(9(13)14)4-5-12(7-10)6-8-2-1-3-8/h8H,1-7,11H2,(H,13,14). The van der Waals surface area contributed by atoms with E-state index in [1.54, 1.807) is 0 Å². The zero-order valence-electron chi connectivity index (χ0n) is 8.41. The van der Waals surface area contributed by atoms with Gasteiger partial charge in [-0.15, -0.1) is 0 Å². The van der Waals surface area contributed by atoms with Crippen molar-refractivity contribution in [1.29, 1.82) is 0 Å². The van der Waals surface area contributed by atoms with Crippen molar-refractivity contribution in [2.75, 3.05) is 19.6 Å². The fraction of sp³-hybridized carbons (Fsp3) is 0.900. The van der Waals surface area contributed by atoms with E-state index in [2.05, 4.69) is 4.90 Å². The van der Waals surface area contributed by atoms with E-state index >= 15 is 0 Å². The fourth-order valence-electron chi connectivity index (χ4n) is 2.29. The number of rotatable bonds is 3. The van der Waals surface area contributed by atoms with Gasteiger partial charge in [-0.2, -0.15) is 0 Å². The summed E-state index contributed by atoms with van der Waals surface area (Å²) in [4.78, 5) is 13.1. The monoisotopic (exact) mass is 198 g/mol. The van der Waals surface area contributed by atoms with Gasteiger partial charge in [-0.1, -0.05) is 6.42 Å². The van der Waals surface area contributed by atoms with Gasteiger partial charge >= 0.3 is 5.97 Å². The molecule has 4 nitrogen and oxygen atoms in total. The van der Waals surface area contributed by atoms with Gasteiger partial charge in [-0.25, -0.2) is 0 Å². The lowest BCUT2D eigenvalue weighted by atomic mass is 9.85. The summed E-state index contributed by atoms with van der Waals surface area (Å²) in [6.45, 7) is 2.42. The van der Waals surface area contributed by atoms with Crippen LogP contribution in [0.4, 0.5) is 0 Å². The molecule has 1 saturated heterocycles. The van der Waals surface area contributed by atoms with Crippen molar-refractivity contribution >= 4 is 5.97 Å². The summed E-state index contributed by atoms with van der Waals surface area (Å²) in [7, 11) is 0. The van der Waals surface area contributed by atoms with Crippen molar-refractivity contribution in [3.05, 3.63) is 0 Å². The van der Waals surface area contributed by atoms with Crippen molar-refractivity contribution in [2.24, 2.45) is 11.7 Å². The number of aliphatic carboxylic acids is 1. The van der Waals surface area contributed by atoms with Crippen molar-refractivity contribution in [3.8, 4) is 0 Å². The Morgan fingerprint density at radius 2 is 2.29 bits per heavy atom. The van der Waals surface area contributed by atoms with Crippen molar-refractivity contribution in [2.45, 2.75) is 31.2 Å². The minimum absolute atomic E-state index is 0.527. The SMILES string of the molecule is NC1(C(=O)O)CCN(CC2CCC2)C1. The van der Waals surface area contributed by atoms with Crippen LogP contribution in [0.1, 0.15) is 25.7 Å². The van der Waals surface area contributed by atoms with Crippen molar-refractivity contribution in [1.82, 2.24) is 4.90 Å². The summed E-state index contributed by atoms with van der Waals surface area (Å²) in [5.41, 5.74) is 4.80. The lowest BCUT2D eigenvalue weighted by Gasteiger charge is -2.30. The molecule has 1 saturated carbocycles. The van der Waals surface area contributed by atoms with E-state index in [-0.39, 0.29) is 0 Å². The number of carboxylic acid groups (broad SMARTS) is 1. The Labute approximate surface area is 84.1 Å². The van der Waals surface area contributed by atoms with Gasteiger partial charge in [0, 0.05) is 19.6 Å². The highest BCUT2D eigenvalue weighted by Gasteiger charge is 2.41. The maximum absolute atomic E-state index is 10.9. The van der Waals surface area contributed by atoms with E-state index in [9.17, 15) is 4.79 Å². The molecule has 0 aromatic rings. The molecular weight excluding hydrogens is 180 g/mol. The van der Waals surface area contributed by atoms with Crippen LogP contribution in [0.15, 0.2) is 0 Å². The first-order valence-corrected chi connectivity index (χ1v) is 5.35. The number of nitrogens with zero attached hydrogens (tertiary/aromatic N) is 1. The molecular formula is C10H18N2O2. The minimum Gasteiger partial charge on any atom is -0.480 e. The summed E-state index contributed by atoms with van der Waals surface area (Å²) in [5.74, 6) is -0.0558. The first-order chi connectivity index (χ1) is 6.60. The van der Waals surface area contributed by atoms with Gasteiger partial charge in [-0.3, -0.25) is 4.79 Å². The summed E-state index contributed by atoms with van der Waals surface area (Å²) < 4.78 is 0. The minimum atomic E-state index is -0.982. The molecule has 3 N–H and O–H groups in total. The summed E-state index contributed by atoms with van der Waals surface area (Å²) >= 11 is 0. The number of hydrogen-bond acceptors (Lipinski definition) is 3. The Balaban J connectivity index is 1.84. The quantitative estimate of drug-likeness (QED) is 0.683. The first-order valence-electron chi connectivity index (χ1n) is 5.35. The van der Waals surface area contributed by atoms with E-state index in [0.717, 1.165) is 19.0 Å². The van der Waals surface area contributed by atoms with E-state index in [1.165, 1.54) is 19.3 Å². The molecule has 0 aromatic heterocycles.